The maximum atomic E-state index is 13.6. The topological polar surface area (TPSA) is 29.9 Å². The molecule has 0 unspecified atom stereocenters. The second-order valence-corrected chi connectivity index (χ2v) is 8.32. The fourth-order valence-electron chi connectivity index (χ4n) is 3.87. The van der Waals surface area contributed by atoms with Gasteiger partial charge in [-0.2, -0.15) is 13.2 Å². The number of allylic oxidation sites excluding steroid dienone is 1. The van der Waals surface area contributed by atoms with Crippen molar-refractivity contribution >= 4 is 22.6 Å². The Bertz CT molecular complexity index is 1280. The number of hydrogen-bond donors (Lipinski definition) is 1. The zero-order chi connectivity index (χ0) is 23.6. The summed E-state index contributed by atoms with van der Waals surface area (Å²) in [4.78, 5) is 4.72. The van der Waals surface area contributed by atoms with E-state index in [0.717, 1.165) is 34.7 Å². The molecule has 4 rings (SSSR count). The van der Waals surface area contributed by atoms with Crippen molar-refractivity contribution in [2.24, 2.45) is 0 Å². The minimum atomic E-state index is -4.42. The van der Waals surface area contributed by atoms with Gasteiger partial charge in [-0.3, -0.25) is 0 Å². The molecule has 0 saturated carbocycles. The molecule has 3 nitrogen and oxygen atoms in total. The lowest BCUT2D eigenvalue weighted by Gasteiger charge is -2.16. The lowest BCUT2D eigenvalue weighted by Crippen LogP contribution is -2.14. The maximum Gasteiger partial charge on any atom is 0.416 e. The highest BCUT2D eigenvalue weighted by Crippen LogP contribution is 2.33. The lowest BCUT2D eigenvalue weighted by atomic mass is 10.1. The quantitative estimate of drug-likeness (QED) is 0.326. The van der Waals surface area contributed by atoms with E-state index in [0.29, 0.717) is 12.5 Å². The molecular formula is C27H26F3N3. The summed E-state index contributed by atoms with van der Waals surface area (Å²) in [7, 11) is 0. The van der Waals surface area contributed by atoms with Gasteiger partial charge in [0.15, 0.2) is 0 Å². The van der Waals surface area contributed by atoms with E-state index in [1.54, 1.807) is 6.07 Å². The first-order valence-electron chi connectivity index (χ1n) is 10.8. The van der Waals surface area contributed by atoms with E-state index in [4.69, 9.17) is 4.98 Å². The summed E-state index contributed by atoms with van der Waals surface area (Å²) >= 11 is 0. The minimum absolute atomic E-state index is 0.0610. The average Bonchev–Trinajstić information content (AvgIpc) is 3.11. The SMILES string of the molecule is C=C(C)c1ccc2c(c1)nc(NCCc1ccc(C)cc1)n2Cc1ccccc1C(F)(F)F. The third kappa shape index (κ3) is 5.11. The van der Waals surface area contributed by atoms with Crippen LogP contribution in [0.2, 0.25) is 0 Å². The summed E-state index contributed by atoms with van der Waals surface area (Å²) in [6, 6.07) is 19.7. The third-order valence-corrected chi connectivity index (χ3v) is 5.71. The van der Waals surface area contributed by atoms with Crippen LogP contribution >= 0.6 is 0 Å². The van der Waals surface area contributed by atoms with Gasteiger partial charge in [0, 0.05) is 6.54 Å². The number of nitrogens with one attached hydrogen (secondary N) is 1. The molecule has 1 N–H and O–H groups in total. The van der Waals surface area contributed by atoms with Crippen molar-refractivity contribution in [1.82, 2.24) is 9.55 Å². The second-order valence-electron chi connectivity index (χ2n) is 8.32. The van der Waals surface area contributed by atoms with Gasteiger partial charge >= 0.3 is 6.18 Å². The summed E-state index contributed by atoms with van der Waals surface area (Å²) in [6.07, 6.45) is -3.64. The summed E-state index contributed by atoms with van der Waals surface area (Å²) < 4.78 is 42.6. The van der Waals surface area contributed by atoms with Crippen LogP contribution in [0.4, 0.5) is 19.1 Å². The zero-order valence-electron chi connectivity index (χ0n) is 18.7. The molecule has 170 valence electrons. The number of hydrogen-bond acceptors (Lipinski definition) is 2. The van der Waals surface area contributed by atoms with E-state index >= 15 is 0 Å². The number of rotatable bonds is 7. The van der Waals surface area contributed by atoms with Gasteiger partial charge < -0.3 is 9.88 Å². The van der Waals surface area contributed by atoms with Crippen molar-refractivity contribution in [3.05, 3.63) is 101 Å². The number of alkyl halides is 3. The maximum absolute atomic E-state index is 13.6. The van der Waals surface area contributed by atoms with Crippen LogP contribution in [0, 0.1) is 6.92 Å². The normalized spacial score (nSPS) is 11.7. The van der Waals surface area contributed by atoms with Gasteiger partial charge in [-0.15, -0.1) is 0 Å². The summed E-state index contributed by atoms with van der Waals surface area (Å²) in [6.45, 7) is 8.61. The lowest BCUT2D eigenvalue weighted by molar-refractivity contribution is -0.138. The van der Waals surface area contributed by atoms with E-state index in [1.165, 1.54) is 23.3 Å². The van der Waals surface area contributed by atoms with Crippen LogP contribution < -0.4 is 5.32 Å². The summed E-state index contributed by atoms with van der Waals surface area (Å²) in [5.74, 6) is 0.549. The molecule has 4 aromatic rings. The number of benzene rings is 3. The molecular weight excluding hydrogens is 423 g/mol. The Morgan fingerprint density at radius 3 is 2.45 bits per heavy atom. The van der Waals surface area contributed by atoms with Gasteiger partial charge in [0.25, 0.3) is 0 Å². The Kier molecular flexibility index (Phi) is 6.27. The number of halogens is 3. The van der Waals surface area contributed by atoms with E-state index in [1.807, 2.05) is 36.6 Å². The molecule has 0 bridgehead atoms. The Morgan fingerprint density at radius 2 is 1.76 bits per heavy atom. The predicted octanol–water partition coefficient (Wildman–Crippen LogP) is 7.10. The van der Waals surface area contributed by atoms with Crippen molar-refractivity contribution in [2.75, 3.05) is 11.9 Å². The molecule has 3 aromatic carbocycles. The number of imidazole rings is 1. The molecule has 6 heteroatoms. The van der Waals surface area contributed by atoms with E-state index in [-0.39, 0.29) is 12.1 Å². The standard InChI is InChI=1S/C27H26F3N3/c1-18(2)21-12-13-25-24(16-21)32-26(31-15-14-20-10-8-19(3)9-11-20)33(25)17-22-6-4-5-7-23(22)27(28,29)30/h4-13,16H,1,14-15,17H2,2-3H3,(H,31,32). The number of fused-ring (bicyclic) bond motifs is 1. The van der Waals surface area contributed by atoms with Gasteiger partial charge in [-0.1, -0.05) is 66.2 Å². The molecule has 0 aliphatic carbocycles. The third-order valence-electron chi connectivity index (χ3n) is 5.71. The van der Waals surface area contributed by atoms with E-state index in [9.17, 15) is 13.2 Å². The highest BCUT2D eigenvalue weighted by atomic mass is 19.4. The highest BCUT2D eigenvalue weighted by molar-refractivity contribution is 5.83. The molecule has 33 heavy (non-hydrogen) atoms. The first-order chi connectivity index (χ1) is 15.7. The van der Waals surface area contributed by atoms with Crippen LogP contribution in [0.3, 0.4) is 0 Å². The number of aryl methyl sites for hydroxylation is 1. The van der Waals surface area contributed by atoms with E-state index in [2.05, 4.69) is 36.2 Å². The summed E-state index contributed by atoms with van der Waals surface area (Å²) in [5, 5.41) is 3.34. The molecule has 1 aromatic heterocycles. The molecule has 0 aliphatic rings. The van der Waals surface area contributed by atoms with Crippen LogP contribution in [0.15, 0.2) is 73.3 Å². The van der Waals surface area contributed by atoms with Gasteiger partial charge in [-0.25, -0.2) is 4.98 Å². The molecule has 0 aliphatic heterocycles. The Morgan fingerprint density at radius 1 is 1.03 bits per heavy atom. The molecule has 0 fully saturated rings. The fourth-order valence-corrected chi connectivity index (χ4v) is 3.87. The van der Waals surface area contributed by atoms with Gasteiger partial charge in [0.2, 0.25) is 5.95 Å². The molecule has 1 heterocycles. The number of aromatic nitrogens is 2. The van der Waals surface area contributed by atoms with Crippen molar-refractivity contribution in [3.63, 3.8) is 0 Å². The number of nitrogens with zero attached hydrogens (tertiary/aromatic N) is 2. The average molecular weight is 450 g/mol. The van der Waals surface area contributed by atoms with Crippen LogP contribution in [-0.2, 0) is 19.1 Å². The van der Waals surface area contributed by atoms with Gasteiger partial charge in [-0.05, 0) is 55.2 Å². The molecule has 0 saturated heterocycles. The van der Waals surface area contributed by atoms with Crippen molar-refractivity contribution < 1.29 is 13.2 Å². The highest BCUT2D eigenvalue weighted by Gasteiger charge is 2.33. The minimum Gasteiger partial charge on any atom is -0.355 e. The molecule has 0 radical (unpaired) electrons. The molecule has 0 amide bonds. The first-order valence-corrected chi connectivity index (χ1v) is 10.8. The molecule has 0 spiro atoms. The number of anilines is 1. The fraction of sp³-hybridized carbons (Fsp3) is 0.222. The largest absolute Gasteiger partial charge is 0.416 e. The van der Waals surface area contributed by atoms with Crippen molar-refractivity contribution in [2.45, 2.75) is 33.0 Å². The van der Waals surface area contributed by atoms with E-state index < -0.39 is 11.7 Å². The van der Waals surface area contributed by atoms with Gasteiger partial charge in [0.05, 0.1) is 23.1 Å². The molecule has 0 atom stereocenters. The first kappa shape index (κ1) is 22.6. The van der Waals surface area contributed by atoms with Crippen molar-refractivity contribution in [3.8, 4) is 0 Å². The van der Waals surface area contributed by atoms with Crippen LogP contribution in [0.25, 0.3) is 16.6 Å². The van der Waals surface area contributed by atoms with Gasteiger partial charge in [0.1, 0.15) is 0 Å². The Labute approximate surface area is 191 Å². The Hall–Kier alpha value is -3.54. The zero-order valence-corrected chi connectivity index (χ0v) is 18.7. The monoisotopic (exact) mass is 449 g/mol. The predicted molar refractivity (Wildman–Crippen MR) is 128 cm³/mol. The second kappa shape index (κ2) is 9.14. The van der Waals surface area contributed by atoms with Crippen LogP contribution in [0.1, 0.15) is 34.7 Å². The van der Waals surface area contributed by atoms with Crippen molar-refractivity contribution in [1.29, 1.82) is 0 Å². The van der Waals surface area contributed by atoms with Crippen LogP contribution in [-0.4, -0.2) is 16.1 Å². The smallest absolute Gasteiger partial charge is 0.355 e. The summed E-state index contributed by atoms with van der Waals surface area (Å²) in [5.41, 5.74) is 5.31. The Balaban J connectivity index is 1.69. The van der Waals surface area contributed by atoms with Crippen LogP contribution in [0.5, 0.6) is 0 Å².